The molecule has 1 saturated carbocycles. The van der Waals surface area contributed by atoms with Crippen LogP contribution in [0.25, 0.3) is 0 Å². The molecule has 0 saturated heterocycles. The number of amides is 3. The molecule has 1 heterocycles. The molecule has 222 valence electrons. The highest BCUT2D eigenvalue weighted by Crippen LogP contribution is 2.32. The Kier molecular flexibility index (Phi) is 10.4. The first-order chi connectivity index (χ1) is 20.1. The van der Waals surface area contributed by atoms with Crippen molar-refractivity contribution in [3.05, 3.63) is 88.7 Å². The molecule has 0 radical (unpaired) electrons. The van der Waals surface area contributed by atoms with E-state index in [1.807, 2.05) is 0 Å². The Hall–Kier alpha value is -4.15. The first-order valence-corrected chi connectivity index (χ1v) is 14.4. The van der Waals surface area contributed by atoms with E-state index in [9.17, 15) is 29.4 Å². The van der Waals surface area contributed by atoms with Crippen LogP contribution in [-0.2, 0) is 16.1 Å². The van der Waals surface area contributed by atoms with Crippen molar-refractivity contribution >= 4 is 35.3 Å². The van der Waals surface area contributed by atoms with Crippen molar-refractivity contribution < 1.29 is 29.4 Å². The van der Waals surface area contributed by atoms with E-state index in [1.165, 1.54) is 37.3 Å². The average Bonchev–Trinajstić information content (AvgIpc) is 3.52. The molecule has 4 N–H and O–H groups in total. The third-order valence-corrected chi connectivity index (χ3v) is 7.81. The maximum Gasteiger partial charge on any atom is 0.322 e. The largest absolute Gasteiger partial charge is 0.508 e. The number of carbonyl (C=O) groups is 4. The number of phenols is 1. The van der Waals surface area contributed by atoms with E-state index < -0.39 is 35.8 Å². The van der Waals surface area contributed by atoms with E-state index in [1.54, 1.807) is 41.2 Å². The topological polar surface area (TPSA) is 141 Å². The summed E-state index contributed by atoms with van der Waals surface area (Å²) in [5.41, 5.74) is 3.38. The van der Waals surface area contributed by atoms with Crippen molar-refractivity contribution in [3.8, 4) is 5.75 Å². The van der Waals surface area contributed by atoms with Crippen LogP contribution in [0.1, 0.15) is 77.8 Å². The van der Waals surface area contributed by atoms with Gasteiger partial charge in [0.25, 0.3) is 17.7 Å². The molecule has 2 aromatic carbocycles. The molecule has 1 aliphatic carbocycles. The van der Waals surface area contributed by atoms with E-state index in [4.69, 9.17) is 11.6 Å². The third kappa shape index (κ3) is 7.77. The van der Waals surface area contributed by atoms with Gasteiger partial charge in [-0.15, -0.1) is 0 Å². The highest BCUT2D eigenvalue weighted by atomic mass is 35.5. The number of phenolic OH excluding ortho intramolecular Hbond substituents is 1. The zero-order valence-corrected chi connectivity index (χ0v) is 24.1. The van der Waals surface area contributed by atoms with Crippen molar-refractivity contribution in [3.63, 3.8) is 0 Å². The van der Waals surface area contributed by atoms with Crippen molar-refractivity contribution in [2.24, 2.45) is 5.92 Å². The predicted octanol–water partition coefficient (Wildman–Crippen LogP) is 4.94. The standard InChI is InChI=1S/C31H35ClN4O6/c1-20(31(41)42)34-36(30(40)27(35-14-5-6-15-35)17-21-8-3-2-4-9-21)29(39)25-13-12-23(18-26(25)32)28(38)33-19-22-10-7-11-24(37)16-22/h5-7,10-16,18,20-21,27,34,37H,2-4,8-9,17,19H2,1H3,(H,33,38)(H,41,42)/t20-,27-/m0/s1. The molecule has 3 amide bonds. The molecular weight excluding hydrogens is 560 g/mol. The van der Waals surface area contributed by atoms with Gasteiger partial charge in [-0.1, -0.05) is 55.8 Å². The van der Waals surface area contributed by atoms with Crippen molar-refractivity contribution in [2.45, 2.75) is 64.1 Å². The summed E-state index contributed by atoms with van der Waals surface area (Å²) in [7, 11) is 0. The van der Waals surface area contributed by atoms with Crippen LogP contribution in [0.2, 0.25) is 5.02 Å². The lowest BCUT2D eigenvalue weighted by Crippen LogP contribution is -2.55. The maximum atomic E-state index is 14.0. The summed E-state index contributed by atoms with van der Waals surface area (Å²) in [4.78, 5) is 52.3. The summed E-state index contributed by atoms with van der Waals surface area (Å²) in [5.74, 6) is -2.75. The number of benzene rings is 2. The monoisotopic (exact) mass is 594 g/mol. The summed E-state index contributed by atoms with van der Waals surface area (Å²) in [6, 6.07) is 12.1. The number of hydrogen-bond donors (Lipinski definition) is 4. The Balaban J connectivity index is 1.57. The molecule has 1 fully saturated rings. The zero-order valence-electron chi connectivity index (χ0n) is 23.3. The predicted molar refractivity (Wildman–Crippen MR) is 157 cm³/mol. The Labute approximate surface area is 249 Å². The van der Waals surface area contributed by atoms with Gasteiger partial charge in [-0.2, -0.15) is 0 Å². The number of carbonyl (C=O) groups excluding carboxylic acids is 3. The molecule has 4 rings (SSSR count). The molecule has 0 bridgehead atoms. The molecular formula is C31H35ClN4O6. The van der Waals surface area contributed by atoms with Crippen LogP contribution in [0.4, 0.5) is 0 Å². The number of rotatable bonds is 11. The fourth-order valence-corrected chi connectivity index (χ4v) is 5.43. The number of imide groups is 1. The van der Waals surface area contributed by atoms with Gasteiger partial charge in [0.15, 0.2) is 0 Å². The Morgan fingerprint density at radius 1 is 1.02 bits per heavy atom. The minimum absolute atomic E-state index is 0.0661. The minimum Gasteiger partial charge on any atom is -0.508 e. The van der Waals surface area contributed by atoms with Crippen LogP contribution in [0, 0.1) is 5.92 Å². The van der Waals surface area contributed by atoms with E-state index >= 15 is 0 Å². The Morgan fingerprint density at radius 2 is 1.74 bits per heavy atom. The lowest BCUT2D eigenvalue weighted by Gasteiger charge is -2.31. The number of halogens is 1. The fourth-order valence-electron chi connectivity index (χ4n) is 5.17. The highest BCUT2D eigenvalue weighted by molar-refractivity contribution is 6.34. The number of aliphatic carboxylic acids is 1. The quantitative estimate of drug-likeness (QED) is 0.231. The molecule has 10 nitrogen and oxygen atoms in total. The lowest BCUT2D eigenvalue weighted by molar-refractivity contribution is -0.143. The van der Waals surface area contributed by atoms with E-state index in [0.29, 0.717) is 17.9 Å². The number of aromatic nitrogens is 1. The molecule has 0 spiro atoms. The minimum atomic E-state index is -1.25. The smallest absolute Gasteiger partial charge is 0.322 e. The van der Waals surface area contributed by atoms with Crippen molar-refractivity contribution in [1.29, 1.82) is 0 Å². The normalized spacial score (nSPS) is 15.0. The second-order valence-electron chi connectivity index (χ2n) is 10.6. The van der Waals surface area contributed by atoms with Gasteiger partial charge in [0.05, 0.1) is 10.6 Å². The van der Waals surface area contributed by atoms with Gasteiger partial charge < -0.3 is 20.1 Å². The van der Waals surface area contributed by atoms with Gasteiger partial charge in [-0.25, -0.2) is 10.4 Å². The first-order valence-electron chi connectivity index (χ1n) is 14.0. The zero-order chi connectivity index (χ0) is 30.2. The second kappa shape index (κ2) is 14.2. The Bertz CT molecular complexity index is 1420. The molecule has 0 aliphatic heterocycles. The number of aromatic hydroxyl groups is 1. The van der Waals surface area contributed by atoms with Crippen molar-refractivity contribution in [1.82, 2.24) is 20.3 Å². The van der Waals surface area contributed by atoms with Crippen molar-refractivity contribution in [2.75, 3.05) is 0 Å². The molecule has 0 unspecified atom stereocenters. The van der Waals surface area contributed by atoms with Crippen LogP contribution < -0.4 is 10.7 Å². The maximum absolute atomic E-state index is 14.0. The number of carboxylic acids is 1. The fraction of sp³-hybridized carbons (Fsp3) is 0.355. The van der Waals surface area contributed by atoms with Gasteiger partial charge in [0, 0.05) is 24.5 Å². The van der Waals surface area contributed by atoms with E-state index in [2.05, 4.69) is 10.7 Å². The van der Waals surface area contributed by atoms with Crippen LogP contribution in [0.5, 0.6) is 5.75 Å². The molecule has 1 aromatic heterocycles. The summed E-state index contributed by atoms with van der Waals surface area (Å²) in [6.45, 7) is 1.50. The van der Waals surface area contributed by atoms with E-state index in [0.717, 1.165) is 37.1 Å². The average molecular weight is 595 g/mol. The molecule has 2 atom stereocenters. The summed E-state index contributed by atoms with van der Waals surface area (Å²) >= 11 is 6.47. The van der Waals surface area contributed by atoms with Crippen LogP contribution in [-0.4, -0.2) is 49.5 Å². The molecule has 1 aliphatic rings. The number of hydrazine groups is 1. The van der Waals surface area contributed by atoms with E-state index in [-0.39, 0.29) is 28.4 Å². The van der Waals surface area contributed by atoms with Crippen LogP contribution in [0.3, 0.4) is 0 Å². The highest BCUT2D eigenvalue weighted by Gasteiger charge is 2.35. The lowest BCUT2D eigenvalue weighted by atomic mass is 9.84. The molecule has 11 heteroatoms. The van der Waals surface area contributed by atoms with Crippen LogP contribution in [0.15, 0.2) is 67.0 Å². The summed E-state index contributed by atoms with van der Waals surface area (Å²) in [5, 5.41) is 22.6. The van der Waals surface area contributed by atoms with Gasteiger partial charge >= 0.3 is 5.97 Å². The number of nitrogens with one attached hydrogen (secondary N) is 2. The van der Waals surface area contributed by atoms with Gasteiger partial charge in [0.2, 0.25) is 0 Å². The SMILES string of the molecule is C[C@H](NN(C(=O)c1ccc(C(=O)NCc2cccc(O)c2)cc1Cl)C(=O)[C@H](CC1CCCCC1)n1cccc1)C(=O)O. The van der Waals surface area contributed by atoms with Gasteiger partial charge in [0.1, 0.15) is 17.8 Å². The molecule has 3 aromatic rings. The summed E-state index contributed by atoms with van der Waals surface area (Å²) in [6.07, 6.45) is 9.31. The second-order valence-corrected chi connectivity index (χ2v) is 11.0. The Morgan fingerprint density at radius 3 is 2.38 bits per heavy atom. The number of carboxylic acid groups (broad SMARTS) is 1. The summed E-state index contributed by atoms with van der Waals surface area (Å²) < 4.78 is 1.74. The third-order valence-electron chi connectivity index (χ3n) is 7.50. The molecule has 42 heavy (non-hydrogen) atoms. The van der Waals surface area contributed by atoms with Gasteiger partial charge in [-0.05, 0) is 67.3 Å². The first kappa shape index (κ1) is 30.8. The van der Waals surface area contributed by atoms with Gasteiger partial charge in [-0.3, -0.25) is 19.2 Å². The number of hydrogen-bond acceptors (Lipinski definition) is 6. The number of nitrogens with zero attached hydrogens (tertiary/aromatic N) is 2. The van der Waals surface area contributed by atoms with Crippen LogP contribution >= 0.6 is 11.6 Å².